The van der Waals surface area contributed by atoms with Crippen LogP contribution in [0.15, 0.2) is 52.0 Å². The normalized spacial score (nSPS) is 17.6. The molecule has 2 heterocycles. The minimum atomic E-state index is -3.53. The van der Waals surface area contributed by atoms with Crippen LogP contribution in [0.2, 0.25) is 0 Å². The van der Waals surface area contributed by atoms with E-state index < -0.39 is 10.0 Å². The van der Waals surface area contributed by atoms with Crippen molar-refractivity contribution in [2.24, 2.45) is 5.92 Å². The van der Waals surface area contributed by atoms with Gasteiger partial charge < -0.3 is 9.73 Å². The molecule has 0 aliphatic carbocycles. The molecular weight excluding hydrogens is 376 g/mol. The lowest BCUT2D eigenvalue weighted by molar-refractivity contribution is -0.126. The zero-order valence-corrected chi connectivity index (χ0v) is 17.4. The second kappa shape index (κ2) is 8.49. The number of nitrogens with one attached hydrogen (secondary N) is 1. The SMILES string of the molecule is CC(C)c1ccc(S(=O)(=O)N2CCC(C(=O)N[C@@H](C)c3ccco3)CC2)cc1. The molecule has 6 nitrogen and oxygen atoms in total. The molecule has 1 atom stereocenters. The van der Waals surface area contributed by atoms with Gasteiger partial charge in [-0.15, -0.1) is 0 Å². The van der Waals surface area contributed by atoms with Crippen LogP contribution >= 0.6 is 0 Å². The third kappa shape index (κ3) is 4.47. The third-order valence-corrected chi connectivity index (χ3v) is 7.25. The lowest BCUT2D eigenvalue weighted by Crippen LogP contribution is -2.43. The van der Waals surface area contributed by atoms with E-state index in [1.165, 1.54) is 4.31 Å². The van der Waals surface area contributed by atoms with E-state index in [2.05, 4.69) is 19.2 Å². The lowest BCUT2D eigenvalue weighted by atomic mass is 9.97. The number of benzene rings is 1. The van der Waals surface area contributed by atoms with E-state index in [1.54, 1.807) is 24.5 Å². The first-order valence-electron chi connectivity index (χ1n) is 9.73. The molecule has 1 aliphatic rings. The van der Waals surface area contributed by atoms with Crippen molar-refractivity contribution in [3.63, 3.8) is 0 Å². The van der Waals surface area contributed by atoms with Crippen LogP contribution in [0.3, 0.4) is 0 Å². The minimum absolute atomic E-state index is 0.0535. The first kappa shape index (κ1) is 20.6. The van der Waals surface area contributed by atoms with Crippen molar-refractivity contribution in [2.45, 2.75) is 50.5 Å². The molecule has 28 heavy (non-hydrogen) atoms. The summed E-state index contributed by atoms with van der Waals surface area (Å²) in [5.74, 6) is 0.821. The summed E-state index contributed by atoms with van der Waals surface area (Å²) >= 11 is 0. The van der Waals surface area contributed by atoms with Gasteiger partial charge in [-0.3, -0.25) is 4.79 Å². The summed E-state index contributed by atoms with van der Waals surface area (Å²) in [6.45, 7) is 6.72. The van der Waals surface area contributed by atoms with Gasteiger partial charge in [0.2, 0.25) is 15.9 Å². The van der Waals surface area contributed by atoms with Crippen molar-refractivity contribution in [1.82, 2.24) is 9.62 Å². The zero-order chi connectivity index (χ0) is 20.3. The van der Waals surface area contributed by atoms with Gasteiger partial charge in [0.05, 0.1) is 17.2 Å². The Morgan fingerprint density at radius 3 is 2.29 bits per heavy atom. The predicted octanol–water partition coefficient (Wildman–Crippen LogP) is 3.68. The van der Waals surface area contributed by atoms with Gasteiger partial charge in [0.25, 0.3) is 0 Å². The van der Waals surface area contributed by atoms with Crippen molar-refractivity contribution >= 4 is 15.9 Å². The Bertz CT molecular complexity index is 881. The number of furan rings is 1. The van der Waals surface area contributed by atoms with Gasteiger partial charge in [-0.2, -0.15) is 4.31 Å². The fourth-order valence-electron chi connectivity index (χ4n) is 3.47. The van der Waals surface area contributed by atoms with Crippen LogP contribution in [-0.2, 0) is 14.8 Å². The number of rotatable bonds is 6. The number of carbonyl (C=O) groups excluding carboxylic acids is 1. The highest BCUT2D eigenvalue weighted by Gasteiger charge is 2.32. The predicted molar refractivity (Wildman–Crippen MR) is 107 cm³/mol. The summed E-state index contributed by atoms with van der Waals surface area (Å²) in [4.78, 5) is 12.8. The summed E-state index contributed by atoms with van der Waals surface area (Å²) in [6.07, 6.45) is 2.61. The molecule has 0 unspecified atom stereocenters. The molecule has 1 N–H and O–H groups in total. The second-order valence-electron chi connectivity index (χ2n) is 7.65. The molecule has 2 aromatic rings. The summed E-state index contributed by atoms with van der Waals surface area (Å²) < 4.78 is 32.6. The fraction of sp³-hybridized carbons (Fsp3) is 0.476. The van der Waals surface area contributed by atoms with Gasteiger partial charge in [-0.25, -0.2) is 8.42 Å². The molecule has 152 valence electrons. The Morgan fingerprint density at radius 2 is 1.75 bits per heavy atom. The highest BCUT2D eigenvalue weighted by molar-refractivity contribution is 7.89. The van der Waals surface area contributed by atoms with Gasteiger partial charge in [-0.05, 0) is 55.5 Å². The van der Waals surface area contributed by atoms with E-state index in [4.69, 9.17) is 4.42 Å². The maximum absolute atomic E-state index is 12.9. The standard InChI is InChI=1S/C21H28N2O4S/c1-15(2)17-6-8-19(9-7-17)28(25,26)23-12-10-18(11-13-23)21(24)22-16(3)20-5-4-14-27-20/h4-9,14-16,18H,10-13H2,1-3H3,(H,22,24)/t16-/m0/s1. The first-order valence-corrected chi connectivity index (χ1v) is 11.2. The van der Waals surface area contributed by atoms with Crippen molar-refractivity contribution in [3.05, 3.63) is 54.0 Å². The molecule has 1 aromatic heterocycles. The maximum Gasteiger partial charge on any atom is 0.243 e. The molecule has 1 saturated heterocycles. The summed E-state index contributed by atoms with van der Waals surface area (Å²) in [5, 5.41) is 2.95. The van der Waals surface area contributed by atoms with Crippen LogP contribution in [0.4, 0.5) is 0 Å². The van der Waals surface area contributed by atoms with Crippen molar-refractivity contribution in [1.29, 1.82) is 0 Å². The molecule has 1 aliphatic heterocycles. The topological polar surface area (TPSA) is 79.6 Å². The van der Waals surface area contributed by atoms with E-state index in [1.807, 2.05) is 25.1 Å². The summed E-state index contributed by atoms with van der Waals surface area (Å²) in [5.41, 5.74) is 1.11. The Labute approximate surface area is 167 Å². The van der Waals surface area contributed by atoms with Crippen LogP contribution in [0.1, 0.15) is 56.9 Å². The van der Waals surface area contributed by atoms with E-state index in [0.717, 1.165) is 5.56 Å². The summed E-state index contributed by atoms with van der Waals surface area (Å²) in [6, 6.07) is 10.5. The minimum Gasteiger partial charge on any atom is -0.467 e. The fourth-order valence-corrected chi connectivity index (χ4v) is 4.94. The lowest BCUT2D eigenvalue weighted by Gasteiger charge is -2.31. The Balaban J connectivity index is 1.58. The Hall–Kier alpha value is -2.12. The second-order valence-corrected chi connectivity index (χ2v) is 9.59. The van der Waals surface area contributed by atoms with Crippen molar-refractivity contribution in [3.8, 4) is 0 Å². The van der Waals surface area contributed by atoms with E-state index in [0.29, 0.717) is 42.5 Å². The molecule has 1 amide bonds. The number of carbonyl (C=O) groups is 1. The molecule has 0 radical (unpaired) electrons. The van der Waals surface area contributed by atoms with Crippen LogP contribution < -0.4 is 5.32 Å². The van der Waals surface area contributed by atoms with E-state index in [9.17, 15) is 13.2 Å². The van der Waals surface area contributed by atoms with Gasteiger partial charge in [0.15, 0.2) is 0 Å². The Kier molecular flexibility index (Phi) is 6.25. The number of piperidine rings is 1. The molecule has 1 aromatic carbocycles. The quantitative estimate of drug-likeness (QED) is 0.796. The molecule has 0 spiro atoms. The smallest absolute Gasteiger partial charge is 0.243 e. The van der Waals surface area contributed by atoms with E-state index in [-0.39, 0.29) is 17.9 Å². The van der Waals surface area contributed by atoms with Crippen LogP contribution in [0, 0.1) is 5.92 Å². The molecule has 0 bridgehead atoms. The molecule has 0 saturated carbocycles. The molecule has 7 heteroatoms. The van der Waals surface area contributed by atoms with Gasteiger partial charge in [0, 0.05) is 19.0 Å². The molecule has 3 rings (SSSR count). The number of hydrogen-bond donors (Lipinski definition) is 1. The highest BCUT2D eigenvalue weighted by Crippen LogP contribution is 2.26. The Morgan fingerprint density at radius 1 is 1.11 bits per heavy atom. The van der Waals surface area contributed by atoms with Gasteiger partial charge in [0.1, 0.15) is 5.76 Å². The number of hydrogen-bond acceptors (Lipinski definition) is 4. The monoisotopic (exact) mass is 404 g/mol. The highest BCUT2D eigenvalue weighted by atomic mass is 32.2. The molecular formula is C21H28N2O4S. The largest absolute Gasteiger partial charge is 0.467 e. The molecule has 1 fully saturated rings. The summed E-state index contributed by atoms with van der Waals surface area (Å²) in [7, 11) is -3.53. The average Bonchev–Trinajstić information content (AvgIpc) is 3.23. The van der Waals surface area contributed by atoms with Gasteiger partial charge >= 0.3 is 0 Å². The first-order chi connectivity index (χ1) is 13.3. The number of sulfonamides is 1. The maximum atomic E-state index is 12.9. The number of nitrogens with zero attached hydrogens (tertiary/aromatic N) is 1. The van der Waals surface area contributed by atoms with Crippen LogP contribution in [0.5, 0.6) is 0 Å². The third-order valence-electron chi connectivity index (χ3n) is 5.34. The van der Waals surface area contributed by atoms with Crippen molar-refractivity contribution in [2.75, 3.05) is 13.1 Å². The zero-order valence-electron chi connectivity index (χ0n) is 16.6. The van der Waals surface area contributed by atoms with E-state index >= 15 is 0 Å². The van der Waals surface area contributed by atoms with Crippen LogP contribution in [0.25, 0.3) is 0 Å². The van der Waals surface area contributed by atoms with Gasteiger partial charge in [-0.1, -0.05) is 26.0 Å². The average molecular weight is 405 g/mol. The number of amides is 1. The van der Waals surface area contributed by atoms with Crippen molar-refractivity contribution < 1.29 is 17.6 Å². The van der Waals surface area contributed by atoms with Crippen LogP contribution in [-0.4, -0.2) is 31.7 Å².